The Morgan fingerprint density at radius 1 is 1.00 bits per heavy atom. The van der Waals surface area contributed by atoms with Crippen LogP contribution in [0.5, 0.6) is 17.2 Å². The summed E-state index contributed by atoms with van der Waals surface area (Å²) in [6, 6.07) is 11.1. The molecule has 2 aromatic carbocycles. The van der Waals surface area contributed by atoms with Crippen molar-refractivity contribution in [3.8, 4) is 17.2 Å². The summed E-state index contributed by atoms with van der Waals surface area (Å²) in [6.45, 7) is 0.0245. The van der Waals surface area contributed by atoms with Crippen molar-refractivity contribution in [1.82, 2.24) is 5.32 Å². The summed E-state index contributed by atoms with van der Waals surface area (Å²) in [5.41, 5.74) is 1.24. The van der Waals surface area contributed by atoms with Gasteiger partial charge in [-0.05, 0) is 48.4 Å². The van der Waals surface area contributed by atoms with Gasteiger partial charge in [0.25, 0.3) is 5.91 Å². The van der Waals surface area contributed by atoms with Gasteiger partial charge in [0.05, 0.1) is 19.8 Å². The number of amides is 1. The van der Waals surface area contributed by atoms with Crippen molar-refractivity contribution in [3.63, 3.8) is 0 Å². The summed E-state index contributed by atoms with van der Waals surface area (Å²) >= 11 is 0. The molecule has 26 heavy (non-hydrogen) atoms. The van der Waals surface area contributed by atoms with Crippen molar-refractivity contribution in [2.45, 2.75) is 6.42 Å². The van der Waals surface area contributed by atoms with Crippen LogP contribution in [0.1, 0.15) is 15.9 Å². The quantitative estimate of drug-likeness (QED) is 0.700. The van der Waals surface area contributed by atoms with E-state index in [-0.39, 0.29) is 17.9 Å². The number of phenolic OH excluding ortho intramolecular Hbond substituents is 1. The van der Waals surface area contributed by atoms with E-state index in [9.17, 15) is 14.7 Å². The fraction of sp³-hybridized carbons (Fsp3) is 0.263. The number of ether oxygens (including phenoxy) is 3. The number of hydrogen-bond donors (Lipinski definition) is 2. The summed E-state index contributed by atoms with van der Waals surface area (Å²) < 4.78 is 15.3. The second kappa shape index (κ2) is 9.31. The highest BCUT2D eigenvalue weighted by Crippen LogP contribution is 2.27. The average Bonchev–Trinajstić information content (AvgIpc) is 2.66. The molecule has 0 aliphatic carbocycles. The van der Waals surface area contributed by atoms with E-state index >= 15 is 0 Å². The maximum Gasteiger partial charge on any atom is 0.338 e. The van der Waals surface area contributed by atoms with Crippen LogP contribution in [-0.2, 0) is 16.0 Å². The van der Waals surface area contributed by atoms with Crippen molar-refractivity contribution in [2.75, 3.05) is 27.4 Å². The summed E-state index contributed by atoms with van der Waals surface area (Å²) in [7, 11) is 3.13. The first-order chi connectivity index (χ1) is 12.5. The van der Waals surface area contributed by atoms with E-state index in [0.29, 0.717) is 24.5 Å². The summed E-state index contributed by atoms with van der Waals surface area (Å²) in [5.74, 6) is 0.299. The van der Waals surface area contributed by atoms with E-state index in [1.54, 1.807) is 20.3 Å². The molecular formula is C19H21NO6. The number of nitrogens with one attached hydrogen (secondary N) is 1. The van der Waals surface area contributed by atoms with E-state index in [4.69, 9.17) is 14.2 Å². The topological polar surface area (TPSA) is 94.1 Å². The molecule has 0 bridgehead atoms. The van der Waals surface area contributed by atoms with Crippen molar-refractivity contribution >= 4 is 11.9 Å². The Hall–Kier alpha value is -3.22. The van der Waals surface area contributed by atoms with Crippen molar-refractivity contribution in [3.05, 3.63) is 53.6 Å². The van der Waals surface area contributed by atoms with E-state index < -0.39 is 11.9 Å². The SMILES string of the molecule is COc1ccc(CCNC(=O)COC(=O)c2ccc(O)cc2)cc1OC. The van der Waals surface area contributed by atoms with Gasteiger partial charge in [0.2, 0.25) is 0 Å². The number of benzene rings is 2. The predicted molar refractivity (Wildman–Crippen MR) is 94.6 cm³/mol. The molecule has 0 saturated heterocycles. The highest BCUT2D eigenvalue weighted by atomic mass is 16.5. The normalized spacial score (nSPS) is 10.1. The van der Waals surface area contributed by atoms with Crippen LogP contribution in [0.25, 0.3) is 0 Å². The van der Waals surface area contributed by atoms with E-state index in [1.807, 2.05) is 12.1 Å². The third-order valence-electron chi connectivity index (χ3n) is 3.62. The van der Waals surface area contributed by atoms with Gasteiger partial charge in [-0.1, -0.05) is 6.07 Å². The monoisotopic (exact) mass is 359 g/mol. The predicted octanol–water partition coefficient (Wildman–Crippen LogP) is 1.93. The smallest absolute Gasteiger partial charge is 0.338 e. The van der Waals surface area contributed by atoms with Gasteiger partial charge in [0, 0.05) is 6.54 Å². The maximum atomic E-state index is 11.8. The molecule has 7 heteroatoms. The molecule has 0 fully saturated rings. The minimum absolute atomic E-state index is 0.0504. The molecule has 0 saturated carbocycles. The molecule has 7 nitrogen and oxygen atoms in total. The Morgan fingerprint density at radius 2 is 1.69 bits per heavy atom. The zero-order valence-electron chi connectivity index (χ0n) is 14.7. The molecule has 0 atom stereocenters. The molecule has 2 aromatic rings. The van der Waals surface area contributed by atoms with Crippen molar-refractivity contribution in [2.24, 2.45) is 0 Å². The summed E-state index contributed by atoms with van der Waals surface area (Å²) in [6.07, 6.45) is 0.595. The lowest BCUT2D eigenvalue weighted by Crippen LogP contribution is -2.30. The number of aromatic hydroxyl groups is 1. The Kier molecular flexibility index (Phi) is 6.84. The first kappa shape index (κ1) is 19.1. The molecule has 0 radical (unpaired) electrons. The molecule has 2 N–H and O–H groups in total. The lowest BCUT2D eigenvalue weighted by molar-refractivity contribution is -0.124. The van der Waals surface area contributed by atoms with Crippen molar-refractivity contribution in [1.29, 1.82) is 0 Å². The van der Waals surface area contributed by atoms with Gasteiger partial charge in [0.1, 0.15) is 5.75 Å². The third-order valence-corrected chi connectivity index (χ3v) is 3.62. The molecule has 0 aliphatic rings. The molecule has 138 valence electrons. The van der Waals surface area contributed by atoms with E-state index in [0.717, 1.165) is 5.56 Å². The molecule has 2 rings (SSSR count). The molecule has 0 heterocycles. The Labute approximate surface area is 151 Å². The van der Waals surface area contributed by atoms with Crippen LogP contribution in [0.2, 0.25) is 0 Å². The zero-order valence-corrected chi connectivity index (χ0v) is 14.7. The number of carbonyl (C=O) groups excluding carboxylic acids is 2. The number of methoxy groups -OCH3 is 2. The van der Waals surface area contributed by atoms with E-state index in [2.05, 4.69) is 5.32 Å². The van der Waals surface area contributed by atoms with Crippen LogP contribution >= 0.6 is 0 Å². The molecule has 0 aromatic heterocycles. The first-order valence-corrected chi connectivity index (χ1v) is 7.97. The highest BCUT2D eigenvalue weighted by molar-refractivity contribution is 5.91. The minimum atomic E-state index is -0.625. The van der Waals surface area contributed by atoms with Gasteiger partial charge in [0.15, 0.2) is 18.1 Å². The highest BCUT2D eigenvalue weighted by Gasteiger charge is 2.10. The molecular weight excluding hydrogens is 338 g/mol. The fourth-order valence-corrected chi connectivity index (χ4v) is 2.25. The van der Waals surface area contributed by atoms with E-state index in [1.165, 1.54) is 24.3 Å². The lowest BCUT2D eigenvalue weighted by atomic mass is 10.1. The third kappa shape index (κ3) is 5.41. The lowest BCUT2D eigenvalue weighted by Gasteiger charge is -2.10. The number of carbonyl (C=O) groups is 2. The van der Waals surface area contributed by atoms with Crippen LogP contribution in [-0.4, -0.2) is 44.4 Å². The Morgan fingerprint density at radius 3 is 2.35 bits per heavy atom. The second-order valence-electron chi connectivity index (χ2n) is 5.41. The molecule has 1 amide bonds. The second-order valence-corrected chi connectivity index (χ2v) is 5.41. The van der Waals surface area contributed by atoms with Gasteiger partial charge in [-0.25, -0.2) is 4.79 Å². The number of phenols is 1. The molecule has 0 aliphatic heterocycles. The van der Waals surface area contributed by atoms with Gasteiger partial charge >= 0.3 is 5.97 Å². The summed E-state index contributed by atoms with van der Waals surface area (Å²) in [5, 5.41) is 11.9. The van der Waals surface area contributed by atoms with Gasteiger partial charge in [-0.3, -0.25) is 4.79 Å². The number of hydrogen-bond acceptors (Lipinski definition) is 6. The van der Waals surface area contributed by atoms with Crippen molar-refractivity contribution < 1.29 is 28.9 Å². The van der Waals surface area contributed by atoms with Crippen LogP contribution in [0.4, 0.5) is 0 Å². The summed E-state index contributed by atoms with van der Waals surface area (Å²) in [4.78, 5) is 23.6. The zero-order chi connectivity index (χ0) is 18.9. The fourth-order valence-electron chi connectivity index (χ4n) is 2.25. The minimum Gasteiger partial charge on any atom is -0.508 e. The van der Waals surface area contributed by atoms with Crippen LogP contribution in [0.15, 0.2) is 42.5 Å². The standard InChI is InChI=1S/C19H21NO6/c1-24-16-8-3-13(11-17(16)25-2)9-10-20-18(22)12-26-19(23)14-4-6-15(21)7-5-14/h3-8,11,21H,9-10,12H2,1-2H3,(H,20,22). The van der Waals surface area contributed by atoms with Crippen LogP contribution < -0.4 is 14.8 Å². The molecule has 0 spiro atoms. The first-order valence-electron chi connectivity index (χ1n) is 7.97. The average molecular weight is 359 g/mol. The van der Waals surface area contributed by atoms with Gasteiger partial charge < -0.3 is 24.6 Å². The van der Waals surface area contributed by atoms with Crippen LogP contribution in [0.3, 0.4) is 0 Å². The van der Waals surface area contributed by atoms with Gasteiger partial charge in [-0.2, -0.15) is 0 Å². The van der Waals surface area contributed by atoms with Crippen LogP contribution in [0, 0.1) is 0 Å². The molecule has 0 unspecified atom stereocenters. The largest absolute Gasteiger partial charge is 0.508 e. The maximum absolute atomic E-state index is 11.8. The van der Waals surface area contributed by atoms with Gasteiger partial charge in [-0.15, -0.1) is 0 Å². The Bertz CT molecular complexity index is 757. The number of esters is 1. The Balaban J connectivity index is 1.75. The number of rotatable bonds is 8.